The topological polar surface area (TPSA) is 65.1 Å². The summed E-state index contributed by atoms with van der Waals surface area (Å²) in [6, 6.07) is 26.5. The predicted molar refractivity (Wildman–Crippen MR) is 163 cm³/mol. The van der Waals surface area contributed by atoms with Crippen molar-refractivity contribution in [2.45, 2.75) is 45.1 Å². The summed E-state index contributed by atoms with van der Waals surface area (Å²) in [5.41, 5.74) is 3.78. The molecule has 7 nitrogen and oxygen atoms in total. The Hall–Kier alpha value is -3.84. The molecule has 0 radical (unpaired) electrons. The van der Waals surface area contributed by atoms with Crippen molar-refractivity contribution in [3.8, 4) is 5.75 Å². The molecule has 2 saturated heterocycles. The molecule has 2 aliphatic rings. The van der Waals surface area contributed by atoms with Crippen LogP contribution in [0.15, 0.2) is 78.9 Å². The molecule has 2 fully saturated rings. The number of anilines is 1. The fourth-order valence-electron chi connectivity index (χ4n) is 6.10. The lowest BCUT2D eigenvalue weighted by Crippen LogP contribution is -2.56. The van der Waals surface area contributed by atoms with Crippen molar-refractivity contribution in [3.05, 3.63) is 95.6 Å². The number of rotatable bonds is 11. The van der Waals surface area contributed by atoms with Crippen LogP contribution in [0.4, 0.5) is 5.69 Å². The molecule has 0 atom stereocenters. The Labute approximate surface area is 244 Å². The number of likely N-dealkylation sites (tertiary alicyclic amines) is 1. The summed E-state index contributed by atoms with van der Waals surface area (Å²) in [5.74, 6) is 1.17. The van der Waals surface area contributed by atoms with E-state index in [1.807, 2.05) is 61.2 Å². The number of carbonyl (C=O) groups excluding carboxylic acids is 2. The van der Waals surface area contributed by atoms with Gasteiger partial charge in [0.2, 0.25) is 5.91 Å². The third-order valence-electron chi connectivity index (χ3n) is 8.66. The zero-order valence-corrected chi connectivity index (χ0v) is 24.4. The molecule has 5 rings (SSSR count). The maximum absolute atomic E-state index is 12.9. The summed E-state index contributed by atoms with van der Waals surface area (Å²) in [6.45, 7) is 9.21. The summed E-state index contributed by atoms with van der Waals surface area (Å²) in [4.78, 5) is 32.0. The monoisotopic (exact) mass is 554 g/mol. The first-order chi connectivity index (χ1) is 20.0. The number of benzene rings is 3. The van der Waals surface area contributed by atoms with Crippen LogP contribution in [-0.2, 0) is 17.6 Å². The van der Waals surface area contributed by atoms with E-state index in [-0.39, 0.29) is 11.8 Å². The second kappa shape index (κ2) is 13.2. The number of hydrogen-bond acceptors (Lipinski definition) is 5. The maximum atomic E-state index is 12.9. The van der Waals surface area contributed by atoms with Gasteiger partial charge in [0.15, 0.2) is 0 Å². The number of para-hydroxylation sites is 2. The molecule has 0 aromatic heterocycles. The van der Waals surface area contributed by atoms with E-state index in [0.717, 1.165) is 75.4 Å². The first-order valence-corrected chi connectivity index (χ1v) is 15.0. The van der Waals surface area contributed by atoms with Crippen molar-refractivity contribution in [2.75, 3.05) is 50.9 Å². The van der Waals surface area contributed by atoms with E-state index >= 15 is 0 Å². The van der Waals surface area contributed by atoms with Gasteiger partial charge in [-0.15, -0.1) is 0 Å². The van der Waals surface area contributed by atoms with Gasteiger partial charge in [-0.25, -0.2) is 0 Å². The largest absolute Gasteiger partial charge is 0.492 e. The summed E-state index contributed by atoms with van der Waals surface area (Å²) < 4.78 is 6.28. The van der Waals surface area contributed by atoms with Gasteiger partial charge >= 0.3 is 0 Å². The van der Waals surface area contributed by atoms with E-state index in [1.165, 1.54) is 11.1 Å². The van der Waals surface area contributed by atoms with Crippen LogP contribution in [0.5, 0.6) is 5.75 Å². The Morgan fingerprint density at radius 3 is 2.29 bits per heavy atom. The lowest BCUT2D eigenvalue weighted by molar-refractivity contribution is -0.125. The Morgan fingerprint density at radius 1 is 0.902 bits per heavy atom. The van der Waals surface area contributed by atoms with Gasteiger partial charge in [0.05, 0.1) is 6.67 Å². The second-order valence-corrected chi connectivity index (χ2v) is 10.9. The first-order valence-electron chi connectivity index (χ1n) is 15.0. The highest BCUT2D eigenvalue weighted by Crippen LogP contribution is 2.36. The van der Waals surface area contributed by atoms with Crippen molar-refractivity contribution >= 4 is 17.5 Å². The van der Waals surface area contributed by atoms with Crippen LogP contribution < -0.4 is 15.0 Å². The number of ether oxygens (including phenoxy) is 1. The van der Waals surface area contributed by atoms with E-state index in [9.17, 15) is 9.59 Å². The second-order valence-electron chi connectivity index (χ2n) is 10.9. The van der Waals surface area contributed by atoms with Crippen LogP contribution in [0.25, 0.3) is 0 Å². The minimum absolute atomic E-state index is 0.0872. The van der Waals surface area contributed by atoms with Crippen LogP contribution in [0.1, 0.15) is 48.2 Å². The van der Waals surface area contributed by atoms with Gasteiger partial charge in [0.25, 0.3) is 5.91 Å². The van der Waals surface area contributed by atoms with Gasteiger partial charge in [-0.1, -0.05) is 48.5 Å². The number of nitrogens with one attached hydrogen (secondary N) is 1. The van der Waals surface area contributed by atoms with Gasteiger partial charge in [-0.3, -0.25) is 14.5 Å². The van der Waals surface area contributed by atoms with Crippen molar-refractivity contribution in [1.82, 2.24) is 15.1 Å². The van der Waals surface area contributed by atoms with Crippen LogP contribution in [0, 0.1) is 0 Å². The maximum Gasteiger partial charge on any atom is 0.253 e. The molecule has 2 amide bonds. The van der Waals surface area contributed by atoms with E-state index in [0.29, 0.717) is 13.3 Å². The van der Waals surface area contributed by atoms with Crippen molar-refractivity contribution < 1.29 is 14.3 Å². The lowest BCUT2D eigenvalue weighted by Gasteiger charge is -2.43. The fraction of sp³-hybridized carbons (Fsp3) is 0.412. The number of hydrogen-bond donors (Lipinski definition) is 1. The van der Waals surface area contributed by atoms with Crippen LogP contribution in [-0.4, -0.2) is 73.2 Å². The molecule has 7 heteroatoms. The molecule has 2 heterocycles. The van der Waals surface area contributed by atoms with Crippen LogP contribution in [0.3, 0.4) is 0 Å². The Balaban J connectivity index is 1.11. The third-order valence-corrected chi connectivity index (χ3v) is 8.66. The molecule has 41 heavy (non-hydrogen) atoms. The number of aryl methyl sites for hydroxylation is 2. The molecule has 0 unspecified atom stereocenters. The molecule has 1 spiro atoms. The number of piperidine rings is 1. The van der Waals surface area contributed by atoms with Gasteiger partial charge < -0.3 is 19.9 Å². The molecule has 216 valence electrons. The Bertz CT molecular complexity index is 1300. The van der Waals surface area contributed by atoms with Crippen LogP contribution >= 0.6 is 0 Å². The van der Waals surface area contributed by atoms with Crippen LogP contribution in [0.2, 0.25) is 0 Å². The average Bonchev–Trinajstić information content (AvgIpc) is 3.33. The molecule has 1 N–H and O–H groups in total. The minimum Gasteiger partial charge on any atom is -0.492 e. The highest BCUT2D eigenvalue weighted by molar-refractivity contribution is 5.94. The molecule has 0 saturated carbocycles. The summed E-state index contributed by atoms with van der Waals surface area (Å²) in [5, 5.41) is 3.08. The van der Waals surface area contributed by atoms with Gasteiger partial charge in [0, 0.05) is 44.0 Å². The minimum atomic E-state index is -0.456. The number of amides is 2. The zero-order valence-electron chi connectivity index (χ0n) is 24.4. The Kier molecular flexibility index (Phi) is 9.24. The van der Waals surface area contributed by atoms with Crippen molar-refractivity contribution in [3.63, 3.8) is 0 Å². The quantitative estimate of drug-likeness (QED) is 0.370. The summed E-state index contributed by atoms with van der Waals surface area (Å²) in [6.07, 6.45) is 3.37. The lowest BCUT2D eigenvalue weighted by atomic mass is 9.85. The number of carbonyl (C=O) groups is 2. The normalized spacial score (nSPS) is 16.5. The van der Waals surface area contributed by atoms with Gasteiger partial charge in [0.1, 0.15) is 17.9 Å². The highest BCUT2D eigenvalue weighted by Gasteiger charge is 2.50. The third kappa shape index (κ3) is 6.41. The molecule has 3 aromatic carbocycles. The SMILES string of the molecule is CCN(CC)C(=O)c1ccc(CCc2ccccc2OCCN2CCC3(CC2)C(=O)NCN3c2ccccc2)cc1. The van der Waals surface area contributed by atoms with E-state index in [4.69, 9.17) is 4.74 Å². The Morgan fingerprint density at radius 2 is 1.59 bits per heavy atom. The van der Waals surface area contributed by atoms with E-state index < -0.39 is 5.54 Å². The highest BCUT2D eigenvalue weighted by atomic mass is 16.5. The molecular formula is C34H42N4O3. The van der Waals surface area contributed by atoms with E-state index in [1.54, 1.807) is 0 Å². The summed E-state index contributed by atoms with van der Waals surface area (Å²) >= 11 is 0. The fourth-order valence-corrected chi connectivity index (χ4v) is 6.10. The average molecular weight is 555 g/mol. The molecule has 0 bridgehead atoms. The zero-order chi connectivity index (χ0) is 28.7. The smallest absolute Gasteiger partial charge is 0.253 e. The van der Waals surface area contributed by atoms with Gasteiger partial charge in [-0.2, -0.15) is 0 Å². The van der Waals surface area contributed by atoms with Gasteiger partial charge in [-0.05, 0) is 81.0 Å². The first kappa shape index (κ1) is 28.7. The molecular weight excluding hydrogens is 512 g/mol. The van der Waals surface area contributed by atoms with E-state index in [2.05, 4.69) is 51.5 Å². The van der Waals surface area contributed by atoms with Crippen molar-refractivity contribution in [2.24, 2.45) is 0 Å². The predicted octanol–water partition coefficient (Wildman–Crippen LogP) is 4.76. The number of nitrogens with zero attached hydrogens (tertiary/aromatic N) is 3. The summed E-state index contributed by atoms with van der Waals surface area (Å²) in [7, 11) is 0. The standard InChI is InChI=1S/C34H42N4O3/c1-3-37(4-2)32(39)29-18-15-27(16-19-29)14-17-28-10-8-9-13-31(28)41-25-24-36-22-20-34(21-23-36)33(40)35-26-38(34)30-11-6-5-7-12-30/h5-13,15-16,18-19H,3-4,14,17,20-26H2,1-2H3,(H,35,40). The molecule has 0 aliphatic carbocycles. The van der Waals surface area contributed by atoms with Crippen molar-refractivity contribution in [1.29, 1.82) is 0 Å². The molecule has 3 aromatic rings. The molecule has 2 aliphatic heterocycles.